The monoisotopic (exact) mass is 253 g/mol. The Balaban J connectivity index is 2.07. The second-order valence-corrected chi connectivity index (χ2v) is 5.99. The van der Waals surface area contributed by atoms with E-state index < -0.39 is 9.84 Å². The maximum atomic E-state index is 11.0. The van der Waals surface area contributed by atoms with Crippen LogP contribution in [0.2, 0.25) is 0 Å². The highest BCUT2D eigenvalue weighted by Gasteiger charge is 2.35. The average molecular weight is 253 g/mol. The molecule has 90 valence electrons. The smallest absolute Gasteiger partial charge is 0.235 e. The number of nitrogens with zero attached hydrogens (tertiary/aromatic N) is 1. The van der Waals surface area contributed by atoms with Crippen molar-refractivity contribution in [2.45, 2.75) is 12.6 Å². The van der Waals surface area contributed by atoms with Gasteiger partial charge < -0.3 is 4.74 Å². The van der Waals surface area contributed by atoms with Crippen LogP contribution in [0.1, 0.15) is 5.56 Å². The Labute approximate surface area is 99.0 Å². The van der Waals surface area contributed by atoms with E-state index in [1.807, 2.05) is 0 Å². The van der Waals surface area contributed by atoms with Gasteiger partial charge in [-0.1, -0.05) is 18.2 Å². The molecule has 1 fully saturated rings. The largest absolute Gasteiger partial charge is 0.488 e. The van der Waals surface area contributed by atoms with Gasteiger partial charge in [0.15, 0.2) is 9.84 Å². The van der Waals surface area contributed by atoms with E-state index in [1.165, 1.54) is 6.08 Å². The zero-order chi connectivity index (χ0) is 12.3. The van der Waals surface area contributed by atoms with E-state index in [9.17, 15) is 13.2 Å². The van der Waals surface area contributed by atoms with Gasteiger partial charge in [0.25, 0.3) is 0 Å². The number of ether oxygens (including phenoxy) is 1. The van der Waals surface area contributed by atoms with E-state index in [0.717, 1.165) is 5.56 Å². The number of hydrogen-bond acceptors (Lipinski definition) is 5. The van der Waals surface area contributed by atoms with Crippen LogP contribution in [-0.4, -0.2) is 32.1 Å². The van der Waals surface area contributed by atoms with E-state index in [1.54, 1.807) is 24.3 Å². The number of isocyanates is 1. The number of sulfone groups is 1. The molecule has 0 unspecified atom stereocenters. The first kappa shape index (κ1) is 11.8. The maximum absolute atomic E-state index is 11.0. The Bertz CT molecular complexity index is 549. The molecule has 0 amide bonds. The van der Waals surface area contributed by atoms with Gasteiger partial charge in [-0.2, -0.15) is 0 Å². The van der Waals surface area contributed by atoms with Gasteiger partial charge in [0.1, 0.15) is 11.9 Å². The van der Waals surface area contributed by atoms with E-state index in [-0.39, 0.29) is 24.2 Å². The van der Waals surface area contributed by atoms with Crippen LogP contribution in [0, 0.1) is 0 Å². The number of hydrogen-bond donors (Lipinski definition) is 0. The third kappa shape index (κ3) is 2.93. The Morgan fingerprint density at radius 2 is 2.06 bits per heavy atom. The molecule has 2 rings (SSSR count). The van der Waals surface area contributed by atoms with Crippen LogP contribution in [-0.2, 0) is 21.2 Å². The van der Waals surface area contributed by atoms with Gasteiger partial charge in [-0.25, -0.2) is 18.2 Å². The van der Waals surface area contributed by atoms with Crippen molar-refractivity contribution < 1.29 is 17.9 Å². The lowest BCUT2D eigenvalue weighted by atomic mass is 10.2. The van der Waals surface area contributed by atoms with Crippen molar-refractivity contribution in [1.82, 2.24) is 0 Å². The SMILES string of the molecule is O=C=NCc1ccccc1OC1CS(=O)(=O)C1. The quantitative estimate of drug-likeness (QED) is 0.585. The Morgan fingerprint density at radius 3 is 2.71 bits per heavy atom. The van der Waals surface area contributed by atoms with E-state index in [2.05, 4.69) is 4.99 Å². The van der Waals surface area contributed by atoms with E-state index >= 15 is 0 Å². The summed E-state index contributed by atoms with van der Waals surface area (Å²) in [5.74, 6) is 0.683. The van der Waals surface area contributed by atoms with Crippen molar-refractivity contribution in [3.05, 3.63) is 29.8 Å². The molecule has 0 bridgehead atoms. The number of para-hydroxylation sites is 1. The highest BCUT2D eigenvalue weighted by Crippen LogP contribution is 2.24. The molecule has 1 heterocycles. The first-order valence-corrected chi connectivity index (χ1v) is 6.91. The molecule has 0 aliphatic carbocycles. The molecule has 5 nitrogen and oxygen atoms in total. The molecule has 1 aromatic rings. The summed E-state index contributed by atoms with van der Waals surface area (Å²) in [6, 6.07) is 7.11. The Morgan fingerprint density at radius 1 is 1.35 bits per heavy atom. The van der Waals surface area contributed by atoms with Crippen LogP contribution < -0.4 is 4.74 Å². The summed E-state index contributed by atoms with van der Waals surface area (Å²) in [5.41, 5.74) is 0.750. The molecule has 0 aromatic heterocycles. The average Bonchev–Trinajstić information content (AvgIpc) is 2.25. The molecule has 1 saturated heterocycles. The first-order chi connectivity index (χ1) is 8.11. The minimum Gasteiger partial charge on any atom is -0.488 e. The lowest BCUT2D eigenvalue weighted by molar-refractivity contribution is 0.228. The predicted octanol–water partition coefficient (Wildman–Crippen LogP) is 0.698. The molecule has 6 heteroatoms. The Hall–Kier alpha value is -1.65. The number of carbonyl (C=O) groups excluding carboxylic acids is 1. The number of aliphatic imine (C=N–C) groups is 1. The van der Waals surface area contributed by atoms with Gasteiger partial charge >= 0.3 is 0 Å². The number of rotatable bonds is 4. The zero-order valence-corrected chi connectivity index (χ0v) is 9.81. The first-order valence-electron chi connectivity index (χ1n) is 5.09. The third-order valence-corrected chi connectivity index (χ3v) is 4.22. The maximum Gasteiger partial charge on any atom is 0.235 e. The molecule has 17 heavy (non-hydrogen) atoms. The second-order valence-electron chi connectivity index (χ2n) is 3.83. The van der Waals surface area contributed by atoms with Crippen molar-refractivity contribution in [3.8, 4) is 5.75 Å². The van der Waals surface area contributed by atoms with Crippen molar-refractivity contribution in [2.24, 2.45) is 4.99 Å². The number of benzene rings is 1. The normalized spacial score (nSPS) is 17.9. The van der Waals surface area contributed by atoms with E-state index in [4.69, 9.17) is 4.74 Å². The molecule has 0 saturated carbocycles. The molecule has 0 radical (unpaired) electrons. The van der Waals surface area contributed by atoms with Crippen molar-refractivity contribution >= 4 is 15.9 Å². The summed E-state index contributed by atoms with van der Waals surface area (Å²) in [6.45, 7) is 0.194. The van der Waals surface area contributed by atoms with Crippen molar-refractivity contribution in [3.63, 3.8) is 0 Å². The van der Waals surface area contributed by atoms with Gasteiger partial charge in [0.2, 0.25) is 6.08 Å². The van der Waals surface area contributed by atoms with Gasteiger partial charge in [-0.05, 0) is 6.07 Å². The van der Waals surface area contributed by atoms with Crippen molar-refractivity contribution in [1.29, 1.82) is 0 Å². The van der Waals surface area contributed by atoms with Crippen molar-refractivity contribution in [2.75, 3.05) is 11.5 Å². The fraction of sp³-hybridized carbons (Fsp3) is 0.364. The fourth-order valence-corrected chi connectivity index (χ4v) is 2.80. The summed E-state index contributed by atoms with van der Waals surface area (Å²) < 4.78 is 27.5. The van der Waals surface area contributed by atoms with E-state index in [0.29, 0.717) is 5.75 Å². The summed E-state index contributed by atoms with van der Waals surface area (Å²) in [6.07, 6.45) is 1.17. The lowest BCUT2D eigenvalue weighted by Gasteiger charge is -2.27. The molecule has 0 N–H and O–H groups in total. The van der Waals surface area contributed by atoms with Gasteiger partial charge in [-0.3, -0.25) is 0 Å². The molecular formula is C11H11NO4S. The van der Waals surface area contributed by atoms with Gasteiger partial charge in [0.05, 0.1) is 18.1 Å². The topological polar surface area (TPSA) is 72.8 Å². The molecular weight excluding hydrogens is 242 g/mol. The van der Waals surface area contributed by atoms with Crippen LogP contribution in [0.25, 0.3) is 0 Å². The summed E-state index contributed by atoms with van der Waals surface area (Å²) in [7, 11) is -2.89. The summed E-state index contributed by atoms with van der Waals surface area (Å²) >= 11 is 0. The molecule has 0 atom stereocenters. The zero-order valence-electron chi connectivity index (χ0n) is 9.00. The lowest BCUT2D eigenvalue weighted by Crippen LogP contribution is -2.45. The van der Waals surface area contributed by atoms with Crippen LogP contribution in [0.5, 0.6) is 5.75 Å². The summed E-state index contributed by atoms with van der Waals surface area (Å²) in [5, 5.41) is 0. The van der Waals surface area contributed by atoms with Gasteiger partial charge in [0, 0.05) is 5.56 Å². The van der Waals surface area contributed by atoms with Gasteiger partial charge in [-0.15, -0.1) is 0 Å². The third-order valence-electron chi connectivity index (χ3n) is 2.46. The van der Waals surface area contributed by atoms with Crippen LogP contribution >= 0.6 is 0 Å². The fourth-order valence-electron chi connectivity index (χ4n) is 1.63. The molecule has 1 aromatic carbocycles. The highest BCUT2D eigenvalue weighted by atomic mass is 32.2. The molecule has 1 aliphatic rings. The van der Waals surface area contributed by atoms with Crippen LogP contribution in [0.4, 0.5) is 0 Å². The minimum atomic E-state index is -2.89. The van der Waals surface area contributed by atoms with Crippen LogP contribution in [0.15, 0.2) is 29.3 Å². The second kappa shape index (κ2) is 4.69. The van der Waals surface area contributed by atoms with Crippen LogP contribution in [0.3, 0.4) is 0 Å². The summed E-state index contributed by atoms with van der Waals surface area (Å²) in [4.78, 5) is 13.5. The molecule has 1 aliphatic heterocycles. The predicted molar refractivity (Wildman–Crippen MR) is 61.3 cm³/mol. The molecule has 0 spiro atoms. The minimum absolute atomic E-state index is 0.0539. The highest BCUT2D eigenvalue weighted by molar-refractivity contribution is 7.92. The standard InChI is InChI=1S/C11H11NO4S/c13-8-12-5-9-3-1-2-4-11(9)16-10-6-17(14,15)7-10/h1-4,10H,5-7H2. The Kier molecular flexibility index (Phi) is 3.26.